The molecule has 10 heteroatoms. The Labute approximate surface area is 204 Å². The monoisotopic (exact) mass is 498 g/mol. The van der Waals surface area contributed by atoms with Crippen LogP contribution < -0.4 is 15.0 Å². The SMILES string of the molecule is COc1ccc(C(=O)N(C)Cc2nc3ccccc3c(=O)[nH]2)cc1S(=O)(=O)N[C@@H]1CCCC[C@H]1C. The summed E-state index contributed by atoms with van der Waals surface area (Å²) in [5, 5.41) is 0.468. The van der Waals surface area contributed by atoms with Gasteiger partial charge in [-0.3, -0.25) is 9.59 Å². The van der Waals surface area contributed by atoms with Crippen LogP contribution in [0.2, 0.25) is 0 Å². The number of hydrogen-bond donors (Lipinski definition) is 2. The Morgan fingerprint density at radius 1 is 1.20 bits per heavy atom. The molecule has 1 fully saturated rings. The molecule has 2 atom stereocenters. The zero-order valence-electron chi connectivity index (χ0n) is 20.1. The number of fused-ring (bicyclic) bond motifs is 1. The van der Waals surface area contributed by atoms with E-state index in [-0.39, 0.29) is 40.3 Å². The number of para-hydroxylation sites is 1. The van der Waals surface area contributed by atoms with Crippen LogP contribution in [-0.4, -0.2) is 49.4 Å². The highest BCUT2D eigenvalue weighted by atomic mass is 32.2. The van der Waals surface area contributed by atoms with E-state index < -0.39 is 15.9 Å². The predicted octanol–water partition coefficient (Wildman–Crippen LogP) is 3.06. The summed E-state index contributed by atoms with van der Waals surface area (Å²) in [6, 6.07) is 11.1. The van der Waals surface area contributed by atoms with Gasteiger partial charge in [0.1, 0.15) is 16.5 Å². The summed E-state index contributed by atoms with van der Waals surface area (Å²) in [7, 11) is -0.949. The number of aromatic amines is 1. The number of amides is 1. The first kappa shape index (κ1) is 24.9. The Bertz CT molecular complexity index is 1400. The van der Waals surface area contributed by atoms with Crippen LogP contribution >= 0.6 is 0 Å². The number of nitrogens with zero attached hydrogens (tertiary/aromatic N) is 2. The molecule has 35 heavy (non-hydrogen) atoms. The highest BCUT2D eigenvalue weighted by Gasteiger charge is 2.29. The van der Waals surface area contributed by atoms with Gasteiger partial charge in [0.15, 0.2) is 0 Å². The average Bonchev–Trinajstić information content (AvgIpc) is 2.84. The van der Waals surface area contributed by atoms with Gasteiger partial charge in [-0.2, -0.15) is 0 Å². The van der Waals surface area contributed by atoms with Crippen molar-refractivity contribution in [1.29, 1.82) is 0 Å². The maximum atomic E-state index is 13.3. The number of methoxy groups -OCH3 is 1. The highest BCUT2D eigenvalue weighted by molar-refractivity contribution is 7.89. The van der Waals surface area contributed by atoms with Crippen LogP contribution in [0, 0.1) is 5.92 Å². The topological polar surface area (TPSA) is 121 Å². The molecule has 0 unspecified atom stereocenters. The largest absolute Gasteiger partial charge is 0.495 e. The number of ether oxygens (including phenoxy) is 1. The molecule has 1 saturated carbocycles. The lowest BCUT2D eigenvalue weighted by molar-refractivity contribution is 0.0781. The van der Waals surface area contributed by atoms with Crippen LogP contribution in [0.4, 0.5) is 0 Å². The molecule has 2 aromatic carbocycles. The smallest absolute Gasteiger partial charge is 0.258 e. The van der Waals surface area contributed by atoms with Gasteiger partial charge in [0, 0.05) is 18.7 Å². The third-order valence-corrected chi connectivity index (χ3v) is 8.02. The second-order valence-electron chi connectivity index (χ2n) is 9.05. The lowest BCUT2D eigenvalue weighted by Gasteiger charge is -2.29. The van der Waals surface area contributed by atoms with Gasteiger partial charge in [0.25, 0.3) is 11.5 Å². The van der Waals surface area contributed by atoms with Crippen molar-refractivity contribution >= 4 is 26.8 Å². The molecular weight excluding hydrogens is 468 g/mol. The van der Waals surface area contributed by atoms with Gasteiger partial charge >= 0.3 is 0 Å². The fourth-order valence-electron chi connectivity index (χ4n) is 4.50. The van der Waals surface area contributed by atoms with E-state index in [1.807, 2.05) is 6.92 Å². The van der Waals surface area contributed by atoms with E-state index in [4.69, 9.17) is 4.74 Å². The Morgan fingerprint density at radius 3 is 2.69 bits per heavy atom. The number of rotatable bonds is 7. The van der Waals surface area contributed by atoms with E-state index in [1.165, 1.54) is 30.2 Å². The van der Waals surface area contributed by atoms with E-state index in [2.05, 4.69) is 14.7 Å². The van der Waals surface area contributed by atoms with E-state index in [1.54, 1.807) is 31.3 Å². The molecule has 1 aliphatic rings. The van der Waals surface area contributed by atoms with Crippen molar-refractivity contribution in [2.75, 3.05) is 14.2 Å². The second kappa shape index (κ2) is 10.2. The van der Waals surface area contributed by atoms with E-state index in [9.17, 15) is 18.0 Å². The number of aromatic nitrogens is 2. The Balaban J connectivity index is 1.58. The van der Waals surface area contributed by atoms with E-state index >= 15 is 0 Å². The Morgan fingerprint density at radius 2 is 1.94 bits per heavy atom. The molecule has 0 bridgehead atoms. The zero-order valence-corrected chi connectivity index (χ0v) is 20.9. The summed E-state index contributed by atoms with van der Waals surface area (Å²) in [4.78, 5) is 34.0. The molecule has 0 saturated heterocycles. The molecule has 1 aliphatic carbocycles. The molecule has 1 heterocycles. The quantitative estimate of drug-likeness (QED) is 0.516. The minimum absolute atomic E-state index is 0.0465. The molecule has 4 rings (SSSR count). The maximum absolute atomic E-state index is 13.3. The molecule has 9 nitrogen and oxygen atoms in total. The van der Waals surface area contributed by atoms with Crippen molar-refractivity contribution in [3.05, 3.63) is 64.2 Å². The number of sulfonamides is 1. The molecule has 2 N–H and O–H groups in total. The fraction of sp³-hybridized carbons (Fsp3) is 0.400. The third kappa shape index (κ3) is 5.38. The summed E-state index contributed by atoms with van der Waals surface area (Å²) < 4.78 is 34.6. The molecular formula is C25H30N4O5S. The molecule has 3 aromatic rings. The van der Waals surface area contributed by atoms with Crippen molar-refractivity contribution in [2.24, 2.45) is 5.92 Å². The molecule has 1 aromatic heterocycles. The zero-order chi connectivity index (χ0) is 25.2. The third-order valence-electron chi connectivity index (χ3n) is 6.51. The van der Waals surface area contributed by atoms with Gasteiger partial charge in [-0.25, -0.2) is 18.1 Å². The van der Waals surface area contributed by atoms with E-state index in [0.717, 1.165) is 25.7 Å². The first-order valence-electron chi connectivity index (χ1n) is 11.6. The van der Waals surface area contributed by atoms with Crippen LogP contribution in [0.15, 0.2) is 52.2 Å². The molecule has 186 valence electrons. The van der Waals surface area contributed by atoms with Crippen molar-refractivity contribution in [2.45, 2.75) is 50.1 Å². The molecule has 0 aliphatic heterocycles. The summed E-state index contributed by atoms with van der Waals surface area (Å²) in [5.74, 6) is 0.322. The number of benzene rings is 2. The minimum atomic E-state index is -3.91. The van der Waals surface area contributed by atoms with Gasteiger partial charge in [-0.1, -0.05) is 31.9 Å². The average molecular weight is 499 g/mol. The van der Waals surface area contributed by atoms with Gasteiger partial charge in [-0.15, -0.1) is 0 Å². The van der Waals surface area contributed by atoms with Gasteiger partial charge in [0.05, 0.1) is 24.6 Å². The lowest BCUT2D eigenvalue weighted by atomic mass is 9.87. The number of H-pyrrole nitrogens is 1. The van der Waals surface area contributed by atoms with Crippen molar-refractivity contribution < 1.29 is 17.9 Å². The number of carbonyl (C=O) groups is 1. The van der Waals surface area contributed by atoms with Crippen LogP contribution in [0.1, 0.15) is 48.8 Å². The first-order chi connectivity index (χ1) is 16.7. The van der Waals surface area contributed by atoms with Crippen molar-refractivity contribution in [3.63, 3.8) is 0 Å². The van der Waals surface area contributed by atoms with E-state index in [0.29, 0.717) is 16.7 Å². The molecule has 1 amide bonds. The molecule has 0 radical (unpaired) electrons. The lowest BCUT2D eigenvalue weighted by Crippen LogP contribution is -2.41. The highest BCUT2D eigenvalue weighted by Crippen LogP contribution is 2.29. The standard InChI is InChI=1S/C25H30N4O5S/c1-16-8-4-6-10-19(16)28-35(32,33)22-14-17(12-13-21(22)34-3)25(31)29(2)15-23-26-20-11-7-5-9-18(20)24(30)27-23/h5,7,9,11-14,16,19,28H,4,6,8,10,15H2,1-3H3,(H,26,27,30)/t16-,19-/m1/s1. The summed E-state index contributed by atoms with van der Waals surface area (Å²) in [6.07, 6.45) is 3.82. The van der Waals surface area contributed by atoms with Crippen LogP contribution in [0.25, 0.3) is 10.9 Å². The summed E-state index contributed by atoms with van der Waals surface area (Å²) in [5.41, 5.74) is 0.439. The minimum Gasteiger partial charge on any atom is -0.495 e. The van der Waals surface area contributed by atoms with Crippen LogP contribution in [-0.2, 0) is 16.6 Å². The number of nitrogens with one attached hydrogen (secondary N) is 2. The summed E-state index contributed by atoms with van der Waals surface area (Å²) >= 11 is 0. The Hall–Kier alpha value is -3.24. The van der Waals surface area contributed by atoms with Crippen LogP contribution in [0.5, 0.6) is 5.75 Å². The van der Waals surface area contributed by atoms with Gasteiger partial charge in [-0.05, 0) is 49.1 Å². The Kier molecular flexibility index (Phi) is 7.23. The number of hydrogen-bond acceptors (Lipinski definition) is 6. The van der Waals surface area contributed by atoms with Crippen LogP contribution in [0.3, 0.4) is 0 Å². The second-order valence-corrected chi connectivity index (χ2v) is 10.7. The molecule has 0 spiro atoms. The normalized spacial score (nSPS) is 18.4. The number of carbonyl (C=O) groups excluding carboxylic acids is 1. The summed E-state index contributed by atoms with van der Waals surface area (Å²) in [6.45, 7) is 2.09. The predicted molar refractivity (Wildman–Crippen MR) is 133 cm³/mol. The van der Waals surface area contributed by atoms with Crippen molar-refractivity contribution in [1.82, 2.24) is 19.6 Å². The maximum Gasteiger partial charge on any atom is 0.258 e. The fourth-order valence-corrected chi connectivity index (χ4v) is 6.07. The van der Waals surface area contributed by atoms with Crippen molar-refractivity contribution in [3.8, 4) is 5.75 Å². The van der Waals surface area contributed by atoms with Gasteiger partial charge in [0.2, 0.25) is 10.0 Å². The van der Waals surface area contributed by atoms with Gasteiger partial charge < -0.3 is 14.6 Å². The first-order valence-corrected chi connectivity index (χ1v) is 13.1.